The fraction of sp³-hybridized carbons (Fsp3) is 0.200. The maximum absolute atomic E-state index is 12.2. The second-order valence-corrected chi connectivity index (χ2v) is 11.0. The summed E-state index contributed by atoms with van der Waals surface area (Å²) in [4.78, 5) is 16.4. The summed E-state index contributed by atoms with van der Waals surface area (Å²) in [6.45, 7) is 1.99. The highest BCUT2D eigenvalue weighted by atomic mass is 79.9. The Morgan fingerprint density at radius 3 is 2.75 bits per heavy atom. The molecule has 3 rings (SSSR count). The van der Waals surface area contributed by atoms with Gasteiger partial charge in [-0.25, -0.2) is 13.4 Å². The fourth-order valence-electron chi connectivity index (χ4n) is 2.06. The maximum Gasteiger partial charge on any atom is 0.227 e. The van der Waals surface area contributed by atoms with Crippen molar-refractivity contribution in [2.75, 3.05) is 11.1 Å². The zero-order chi connectivity index (χ0) is 17.3. The number of carbonyl (C=O) groups is 1. The predicted octanol–water partition coefficient (Wildman–Crippen LogP) is 4.23. The lowest BCUT2D eigenvalue weighted by Gasteiger charge is -2.02. The van der Waals surface area contributed by atoms with E-state index in [0.717, 1.165) is 30.9 Å². The number of amides is 1. The minimum absolute atomic E-state index is 0.104. The number of aryl methyl sites for hydroxylation is 1. The number of fused-ring (bicyclic) bond motifs is 1. The Morgan fingerprint density at radius 1 is 1.25 bits per heavy atom. The van der Waals surface area contributed by atoms with Crippen molar-refractivity contribution in [2.24, 2.45) is 0 Å². The molecule has 2 heterocycles. The molecule has 0 bridgehead atoms. The van der Waals surface area contributed by atoms with E-state index in [0.29, 0.717) is 5.13 Å². The SMILES string of the molecule is Cc1ccc2nc(NC(=O)CCS(=O)(=O)c3ccc(Br)s3)sc2c1. The Morgan fingerprint density at radius 2 is 2.04 bits per heavy atom. The molecule has 1 aromatic carbocycles. The molecule has 126 valence electrons. The zero-order valence-electron chi connectivity index (χ0n) is 12.6. The average molecular weight is 445 g/mol. The Labute approximate surface area is 155 Å². The molecule has 0 aliphatic heterocycles. The Balaban J connectivity index is 1.64. The molecule has 24 heavy (non-hydrogen) atoms. The third-order valence-electron chi connectivity index (χ3n) is 3.24. The molecule has 3 aromatic rings. The molecule has 9 heteroatoms. The average Bonchev–Trinajstić information content (AvgIpc) is 3.11. The standard InChI is InChI=1S/C15H13BrN2O3S3/c1-9-2-3-10-11(8-9)22-15(17-10)18-13(19)6-7-24(20,21)14-5-4-12(16)23-14/h2-5,8H,6-7H2,1H3,(H,17,18,19). The molecule has 0 atom stereocenters. The van der Waals surface area contributed by atoms with Crippen LogP contribution < -0.4 is 5.32 Å². The van der Waals surface area contributed by atoms with Gasteiger partial charge in [-0.3, -0.25) is 4.79 Å². The summed E-state index contributed by atoms with van der Waals surface area (Å²) in [7, 11) is -3.45. The molecular weight excluding hydrogens is 432 g/mol. The number of nitrogens with one attached hydrogen (secondary N) is 1. The number of nitrogens with zero attached hydrogens (tertiary/aromatic N) is 1. The van der Waals surface area contributed by atoms with Gasteiger partial charge < -0.3 is 5.32 Å². The summed E-state index contributed by atoms with van der Waals surface area (Å²) in [5.74, 6) is -0.583. The number of aromatic nitrogens is 1. The second kappa shape index (κ2) is 6.91. The number of hydrogen-bond donors (Lipinski definition) is 1. The number of halogens is 1. The summed E-state index contributed by atoms with van der Waals surface area (Å²) in [5.41, 5.74) is 1.94. The molecule has 0 saturated heterocycles. The fourth-order valence-corrected chi connectivity index (χ4v) is 6.44. The number of rotatable bonds is 5. The first-order valence-electron chi connectivity index (χ1n) is 6.99. The van der Waals surface area contributed by atoms with E-state index in [9.17, 15) is 13.2 Å². The zero-order valence-corrected chi connectivity index (χ0v) is 16.6. The van der Waals surface area contributed by atoms with E-state index in [-0.39, 0.29) is 22.3 Å². The minimum atomic E-state index is -3.45. The first-order valence-corrected chi connectivity index (χ1v) is 11.1. The number of carbonyl (C=O) groups excluding carboxylic acids is 1. The van der Waals surface area contributed by atoms with E-state index in [1.165, 1.54) is 17.4 Å². The quantitative estimate of drug-likeness (QED) is 0.638. The van der Waals surface area contributed by atoms with Crippen molar-refractivity contribution in [2.45, 2.75) is 17.6 Å². The van der Waals surface area contributed by atoms with Gasteiger partial charge >= 0.3 is 0 Å². The smallest absolute Gasteiger partial charge is 0.227 e. The molecule has 5 nitrogen and oxygen atoms in total. The van der Waals surface area contributed by atoms with Crippen LogP contribution >= 0.6 is 38.6 Å². The van der Waals surface area contributed by atoms with E-state index in [1.807, 2.05) is 25.1 Å². The van der Waals surface area contributed by atoms with Crippen LogP contribution in [-0.4, -0.2) is 25.1 Å². The van der Waals surface area contributed by atoms with Crippen LogP contribution in [0.4, 0.5) is 5.13 Å². The number of hydrogen-bond acceptors (Lipinski definition) is 6. The van der Waals surface area contributed by atoms with Gasteiger partial charge in [0.1, 0.15) is 4.21 Å². The lowest BCUT2D eigenvalue weighted by atomic mass is 10.2. The van der Waals surface area contributed by atoms with Crippen LogP contribution in [0.2, 0.25) is 0 Å². The van der Waals surface area contributed by atoms with Crippen LogP contribution in [0.25, 0.3) is 10.2 Å². The summed E-state index contributed by atoms with van der Waals surface area (Å²) < 4.78 is 26.3. The number of sulfone groups is 1. The molecule has 0 aliphatic rings. The number of anilines is 1. The summed E-state index contributed by atoms with van der Waals surface area (Å²) >= 11 is 5.76. The molecule has 0 saturated carbocycles. The molecular formula is C15H13BrN2O3S3. The van der Waals surface area contributed by atoms with Crippen LogP contribution in [0.5, 0.6) is 0 Å². The third-order valence-corrected chi connectivity index (χ3v) is 8.10. The van der Waals surface area contributed by atoms with Gasteiger partial charge in [-0.15, -0.1) is 11.3 Å². The van der Waals surface area contributed by atoms with Gasteiger partial charge in [0.2, 0.25) is 5.91 Å². The van der Waals surface area contributed by atoms with E-state index in [1.54, 1.807) is 6.07 Å². The highest BCUT2D eigenvalue weighted by molar-refractivity contribution is 9.11. The van der Waals surface area contributed by atoms with Crippen LogP contribution in [0.3, 0.4) is 0 Å². The van der Waals surface area contributed by atoms with Crippen molar-refractivity contribution in [3.63, 3.8) is 0 Å². The van der Waals surface area contributed by atoms with Crippen molar-refractivity contribution in [3.8, 4) is 0 Å². The van der Waals surface area contributed by atoms with Crippen LogP contribution in [-0.2, 0) is 14.6 Å². The van der Waals surface area contributed by atoms with Crippen molar-refractivity contribution in [3.05, 3.63) is 39.7 Å². The van der Waals surface area contributed by atoms with E-state index in [2.05, 4.69) is 26.2 Å². The van der Waals surface area contributed by atoms with Crippen molar-refractivity contribution >= 4 is 69.7 Å². The number of thiophene rings is 1. The molecule has 1 amide bonds. The second-order valence-electron chi connectivity index (χ2n) is 5.17. The molecule has 1 N–H and O–H groups in total. The highest BCUT2D eigenvalue weighted by Gasteiger charge is 2.19. The molecule has 2 aromatic heterocycles. The number of benzene rings is 1. The lowest BCUT2D eigenvalue weighted by molar-refractivity contribution is -0.115. The van der Waals surface area contributed by atoms with Crippen molar-refractivity contribution < 1.29 is 13.2 Å². The summed E-state index contributed by atoms with van der Waals surface area (Å²) in [5, 5.41) is 3.16. The van der Waals surface area contributed by atoms with Crippen LogP contribution in [0, 0.1) is 6.92 Å². The maximum atomic E-state index is 12.2. The van der Waals surface area contributed by atoms with E-state index < -0.39 is 9.84 Å². The topological polar surface area (TPSA) is 76.1 Å². The van der Waals surface area contributed by atoms with Crippen LogP contribution in [0.15, 0.2) is 38.3 Å². The molecule has 0 radical (unpaired) electrons. The Kier molecular flexibility index (Phi) is 5.05. The van der Waals surface area contributed by atoms with Gasteiger partial charge in [0, 0.05) is 6.42 Å². The summed E-state index contributed by atoms with van der Waals surface area (Å²) in [6, 6.07) is 9.08. The van der Waals surface area contributed by atoms with Crippen molar-refractivity contribution in [1.29, 1.82) is 0 Å². The van der Waals surface area contributed by atoms with Gasteiger partial charge in [0.05, 0.1) is 19.8 Å². The normalized spacial score (nSPS) is 11.8. The molecule has 0 fully saturated rings. The molecule has 0 unspecified atom stereocenters. The van der Waals surface area contributed by atoms with Crippen molar-refractivity contribution in [1.82, 2.24) is 4.98 Å². The van der Waals surface area contributed by atoms with Gasteiger partial charge in [-0.05, 0) is 52.7 Å². The first kappa shape index (κ1) is 17.5. The lowest BCUT2D eigenvalue weighted by Crippen LogP contribution is -2.16. The van der Waals surface area contributed by atoms with E-state index in [4.69, 9.17) is 0 Å². The Bertz CT molecular complexity index is 1010. The highest BCUT2D eigenvalue weighted by Crippen LogP contribution is 2.28. The van der Waals surface area contributed by atoms with Gasteiger partial charge in [0.25, 0.3) is 0 Å². The first-order chi connectivity index (χ1) is 11.3. The monoisotopic (exact) mass is 444 g/mol. The predicted molar refractivity (Wildman–Crippen MR) is 102 cm³/mol. The molecule has 0 aliphatic carbocycles. The van der Waals surface area contributed by atoms with Gasteiger partial charge in [0.15, 0.2) is 15.0 Å². The van der Waals surface area contributed by atoms with Gasteiger partial charge in [-0.2, -0.15) is 0 Å². The van der Waals surface area contributed by atoms with Gasteiger partial charge in [-0.1, -0.05) is 17.4 Å². The minimum Gasteiger partial charge on any atom is -0.302 e. The van der Waals surface area contributed by atoms with E-state index >= 15 is 0 Å². The number of thiazole rings is 1. The summed E-state index contributed by atoms with van der Waals surface area (Å²) in [6.07, 6.45) is -0.104. The Hall–Kier alpha value is -1.29. The third kappa shape index (κ3) is 4.02. The van der Waals surface area contributed by atoms with Crippen LogP contribution in [0.1, 0.15) is 12.0 Å². The largest absolute Gasteiger partial charge is 0.302 e. The molecule has 0 spiro atoms.